The summed E-state index contributed by atoms with van der Waals surface area (Å²) in [5.74, 6) is 0.913. The van der Waals surface area contributed by atoms with Gasteiger partial charge in [0.1, 0.15) is 5.75 Å². The summed E-state index contributed by atoms with van der Waals surface area (Å²) in [7, 11) is 5.12. The molecule has 0 fully saturated rings. The van der Waals surface area contributed by atoms with Gasteiger partial charge in [-0.05, 0) is 43.0 Å². The van der Waals surface area contributed by atoms with E-state index in [0.29, 0.717) is 6.54 Å². The maximum atomic E-state index is 11.4. The smallest absolute Gasteiger partial charge is 0.316 e. The third-order valence-corrected chi connectivity index (χ3v) is 3.13. The molecule has 1 aromatic carbocycles. The number of carbonyl (C=O) groups is 1. The maximum Gasteiger partial charge on any atom is 0.316 e. The number of carbonyl (C=O) groups excluding carboxylic acids is 1. The summed E-state index contributed by atoms with van der Waals surface area (Å²) >= 11 is 0. The van der Waals surface area contributed by atoms with Gasteiger partial charge in [-0.3, -0.25) is 0 Å². The number of nitrogens with one attached hydrogen (secondary N) is 1. The van der Waals surface area contributed by atoms with Crippen molar-refractivity contribution < 1.29 is 9.53 Å². The minimum absolute atomic E-state index is 0.0575. The molecule has 0 aliphatic heterocycles. The third-order valence-electron chi connectivity index (χ3n) is 3.13. The first kappa shape index (κ1) is 14.4. The first-order valence-corrected chi connectivity index (χ1v) is 6.06. The van der Waals surface area contributed by atoms with Crippen LogP contribution in [0.2, 0.25) is 0 Å². The number of ether oxygens (including phenoxy) is 1. The van der Waals surface area contributed by atoms with Gasteiger partial charge in [0, 0.05) is 20.6 Å². The molecule has 2 amide bonds. The lowest BCUT2D eigenvalue weighted by atomic mass is 10.0. The van der Waals surface area contributed by atoms with Gasteiger partial charge >= 0.3 is 6.03 Å². The van der Waals surface area contributed by atoms with Crippen LogP contribution in [-0.2, 0) is 6.42 Å². The second kappa shape index (κ2) is 6.28. The summed E-state index contributed by atoms with van der Waals surface area (Å²) in [5.41, 5.74) is 3.58. The maximum absolute atomic E-state index is 11.4. The van der Waals surface area contributed by atoms with E-state index in [9.17, 15) is 4.79 Å². The van der Waals surface area contributed by atoms with Crippen molar-refractivity contribution >= 4 is 6.03 Å². The van der Waals surface area contributed by atoms with Crippen molar-refractivity contribution in [3.05, 3.63) is 28.8 Å². The van der Waals surface area contributed by atoms with E-state index in [-0.39, 0.29) is 6.03 Å². The molecule has 0 aliphatic rings. The molecule has 4 nitrogen and oxygen atoms in total. The van der Waals surface area contributed by atoms with Crippen molar-refractivity contribution in [3.8, 4) is 5.75 Å². The standard InChI is InChI=1S/C14H22N2O2/c1-10-9-13(18-5)11(2)8-12(10)6-7-16(4)14(17)15-3/h8-9H,6-7H2,1-5H3,(H,15,17). The Labute approximate surface area is 109 Å². The molecule has 100 valence electrons. The lowest BCUT2D eigenvalue weighted by molar-refractivity contribution is 0.211. The molecule has 0 saturated carbocycles. The van der Waals surface area contributed by atoms with Gasteiger partial charge in [0.25, 0.3) is 0 Å². The van der Waals surface area contributed by atoms with E-state index >= 15 is 0 Å². The Balaban J connectivity index is 2.74. The van der Waals surface area contributed by atoms with Gasteiger partial charge in [0.2, 0.25) is 0 Å². The lowest BCUT2D eigenvalue weighted by Gasteiger charge is -2.18. The first-order valence-electron chi connectivity index (χ1n) is 6.06. The van der Waals surface area contributed by atoms with Crippen molar-refractivity contribution in [1.29, 1.82) is 0 Å². The molecule has 1 aromatic rings. The highest BCUT2D eigenvalue weighted by molar-refractivity contribution is 5.73. The largest absolute Gasteiger partial charge is 0.496 e. The minimum Gasteiger partial charge on any atom is -0.496 e. The second-order valence-electron chi connectivity index (χ2n) is 4.48. The van der Waals surface area contributed by atoms with Crippen LogP contribution >= 0.6 is 0 Å². The molecule has 0 bridgehead atoms. The van der Waals surface area contributed by atoms with Gasteiger partial charge in [0.05, 0.1) is 7.11 Å². The number of hydrogen-bond acceptors (Lipinski definition) is 2. The quantitative estimate of drug-likeness (QED) is 0.889. The van der Waals surface area contributed by atoms with Crippen LogP contribution in [0.3, 0.4) is 0 Å². The van der Waals surface area contributed by atoms with Gasteiger partial charge in [-0.15, -0.1) is 0 Å². The Morgan fingerprint density at radius 3 is 2.56 bits per heavy atom. The molecule has 1 rings (SSSR count). The Morgan fingerprint density at radius 1 is 1.33 bits per heavy atom. The average Bonchev–Trinajstić information content (AvgIpc) is 2.37. The zero-order valence-corrected chi connectivity index (χ0v) is 11.8. The van der Waals surface area contributed by atoms with Crippen LogP contribution in [0.1, 0.15) is 16.7 Å². The monoisotopic (exact) mass is 250 g/mol. The molecule has 0 unspecified atom stereocenters. The SMILES string of the molecule is CNC(=O)N(C)CCc1cc(C)c(OC)cc1C. The molecule has 1 N–H and O–H groups in total. The normalized spacial score (nSPS) is 10.1. The van der Waals surface area contributed by atoms with E-state index in [2.05, 4.69) is 18.3 Å². The zero-order valence-electron chi connectivity index (χ0n) is 11.8. The first-order chi connectivity index (χ1) is 8.49. The van der Waals surface area contributed by atoms with Gasteiger partial charge in [-0.25, -0.2) is 4.79 Å². The summed E-state index contributed by atoms with van der Waals surface area (Å²) in [6, 6.07) is 4.12. The molecule has 0 spiro atoms. The highest BCUT2D eigenvalue weighted by Crippen LogP contribution is 2.22. The molecule has 0 aromatic heterocycles. The van der Waals surface area contributed by atoms with Crippen molar-refractivity contribution in [3.63, 3.8) is 0 Å². The van der Waals surface area contributed by atoms with Crippen LogP contribution in [-0.4, -0.2) is 38.7 Å². The predicted octanol–water partition coefficient (Wildman–Crippen LogP) is 2.13. The molecule has 0 aliphatic carbocycles. The zero-order chi connectivity index (χ0) is 13.7. The number of hydrogen-bond donors (Lipinski definition) is 1. The molecule has 0 atom stereocenters. The molecular weight excluding hydrogens is 228 g/mol. The van der Waals surface area contributed by atoms with Crippen molar-refractivity contribution in [2.75, 3.05) is 27.7 Å². The summed E-state index contributed by atoms with van der Waals surface area (Å²) < 4.78 is 5.29. The molecule has 4 heteroatoms. The van der Waals surface area contributed by atoms with Gasteiger partial charge in [-0.2, -0.15) is 0 Å². The van der Waals surface area contributed by atoms with E-state index < -0.39 is 0 Å². The van der Waals surface area contributed by atoms with Gasteiger partial charge < -0.3 is 15.0 Å². The van der Waals surface area contributed by atoms with Gasteiger partial charge in [-0.1, -0.05) is 6.07 Å². The summed E-state index contributed by atoms with van der Waals surface area (Å²) in [6.07, 6.45) is 0.848. The Kier molecular flexibility index (Phi) is 5.01. The molecule has 0 radical (unpaired) electrons. The van der Waals surface area contributed by atoms with Crippen LogP contribution in [0, 0.1) is 13.8 Å². The van der Waals surface area contributed by atoms with Crippen LogP contribution < -0.4 is 10.1 Å². The highest BCUT2D eigenvalue weighted by Gasteiger charge is 2.08. The van der Waals surface area contributed by atoms with E-state index in [0.717, 1.165) is 17.7 Å². The summed E-state index contributed by atoms with van der Waals surface area (Å²) in [6.45, 7) is 4.80. The van der Waals surface area contributed by atoms with Crippen LogP contribution in [0.25, 0.3) is 0 Å². The number of aryl methyl sites for hydroxylation is 2. The van der Waals surface area contributed by atoms with E-state index in [1.54, 1.807) is 26.1 Å². The summed E-state index contributed by atoms with van der Waals surface area (Å²) in [5, 5.41) is 2.61. The number of rotatable bonds is 4. The van der Waals surface area contributed by atoms with E-state index in [4.69, 9.17) is 4.74 Å². The number of amides is 2. The van der Waals surface area contributed by atoms with Crippen LogP contribution in [0.5, 0.6) is 5.75 Å². The average molecular weight is 250 g/mol. The molecule has 18 heavy (non-hydrogen) atoms. The fourth-order valence-electron chi connectivity index (χ4n) is 1.92. The molecular formula is C14H22N2O2. The number of likely N-dealkylation sites (N-methyl/N-ethyl adjacent to an activating group) is 1. The minimum atomic E-state index is -0.0575. The molecule has 0 saturated heterocycles. The fourth-order valence-corrected chi connectivity index (χ4v) is 1.92. The third kappa shape index (κ3) is 3.39. The lowest BCUT2D eigenvalue weighted by Crippen LogP contribution is -2.36. The number of nitrogens with zero attached hydrogens (tertiary/aromatic N) is 1. The Morgan fingerprint density at radius 2 is 2.00 bits per heavy atom. The Bertz CT molecular complexity index is 430. The van der Waals surface area contributed by atoms with Crippen molar-refractivity contribution in [2.45, 2.75) is 20.3 Å². The second-order valence-corrected chi connectivity index (χ2v) is 4.48. The number of methoxy groups -OCH3 is 1. The highest BCUT2D eigenvalue weighted by atomic mass is 16.5. The van der Waals surface area contributed by atoms with E-state index in [1.165, 1.54) is 11.1 Å². The number of benzene rings is 1. The Hall–Kier alpha value is -1.71. The van der Waals surface area contributed by atoms with Crippen LogP contribution in [0.4, 0.5) is 4.79 Å². The predicted molar refractivity (Wildman–Crippen MR) is 73.3 cm³/mol. The van der Waals surface area contributed by atoms with Gasteiger partial charge in [0.15, 0.2) is 0 Å². The van der Waals surface area contributed by atoms with Crippen LogP contribution in [0.15, 0.2) is 12.1 Å². The van der Waals surface area contributed by atoms with E-state index in [1.807, 2.05) is 13.0 Å². The molecule has 0 heterocycles. The summed E-state index contributed by atoms with van der Waals surface area (Å²) in [4.78, 5) is 13.1. The van der Waals surface area contributed by atoms with Crippen molar-refractivity contribution in [1.82, 2.24) is 10.2 Å². The van der Waals surface area contributed by atoms with Crippen molar-refractivity contribution in [2.24, 2.45) is 0 Å². The fraction of sp³-hybridized carbons (Fsp3) is 0.500. The topological polar surface area (TPSA) is 41.6 Å². The number of urea groups is 1.